The minimum atomic E-state index is -0.282. The molecule has 0 aliphatic carbocycles. The summed E-state index contributed by atoms with van der Waals surface area (Å²) in [6, 6.07) is 14.5. The summed E-state index contributed by atoms with van der Waals surface area (Å²) in [6.45, 7) is 5.34. The quantitative estimate of drug-likeness (QED) is 0.524. The Bertz CT molecular complexity index is 965. The van der Waals surface area contributed by atoms with Crippen molar-refractivity contribution in [3.63, 3.8) is 0 Å². The van der Waals surface area contributed by atoms with Gasteiger partial charge < -0.3 is 15.4 Å². The molecule has 3 aromatic rings. The van der Waals surface area contributed by atoms with Crippen molar-refractivity contribution < 1.29 is 14.3 Å². The molecule has 0 aliphatic rings. The molecule has 2 aromatic carbocycles. The summed E-state index contributed by atoms with van der Waals surface area (Å²) in [7, 11) is 0. The first-order chi connectivity index (χ1) is 13.5. The molecule has 0 fully saturated rings. The largest absolute Gasteiger partial charge is 0.493 e. The van der Waals surface area contributed by atoms with Crippen LogP contribution in [0.1, 0.15) is 34.7 Å². The van der Waals surface area contributed by atoms with Crippen LogP contribution in [0.25, 0.3) is 10.9 Å². The number of rotatable bonds is 8. The van der Waals surface area contributed by atoms with Gasteiger partial charge in [0.15, 0.2) is 5.69 Å². The fourth-order valence-electron chi connectivity index (χ4n) is 2.66. The van der Waals surface area contributed by atoms with Crippen LogP contribution in [0.2, 0.25) is 0 Å². The lowest BCUT2D eigenvalue weighted by Gasteiger charge is -2.10. The first-order valence-electron chi connectivity index (χ1n) is 9.27. The predicted octanol–water partition coefficient (Wildman–Crippen LogP) is 2.76. The molecule has 0 unspecified atom stereocenters. The molecule has 0 aliphatic heterocycles. The van der Waals surface area contributed by atoms with Gasteiger partial charge in [0.05, 0.1) is 12.1 Å². The number of nitrogens with zero attached hydrogens (tertiary/aromatic N) is 1. The first kappa shape index (κ1) is 19.4. The Morgan fingerprint density at radius 2 is 1.79 bits per heavy atom. The van der Waals surface area contributed by atoms with E-state index in [4.69, 9.17) is 4.74 Å². The average Bonchev–Trinajstić information content (AvgIpc) is 3.14. The highest BCUT2D eigenvalue weighted by Crippen LogP contribution is 2.15. The van der Waals surface area contributed by atoms with Gasteiger partial charge in [-0.3, -0.25) is 14.7 Å². The summed E-state index contributed by atoms with van der Waals surface area (Å²) in [5.74, 6) is 0.582. The molecule has 0 saturated carbocycles. The molecule has 0 atom stereocenters. The van der Waals surface area contributed by atoms with Crippen LogP contribution in [-0.2, 0) is 0 Å². The Labute approximate surface area is 163 Å². The van der Waals surface area contributed by atoms with Gasteiger partial charge in [-0.05, 0) is 30.2 Å². The van der Waals surface area contributed by atoms with E-state index in [0.29, 0.717) is 42.6 Å². The summed E-state index contributed by atoms with van der Waals surface area (Å²) in [6.07, 6.45) is 0. The molecule has 7 heteroatoms. The Morgan fingerprint density at radius 1 is 1.04 bits per heavy atom. The van der Waals surface area contributed by atoms with Crippen LogP contribution in [0.5, 0.6) is 5.75 Å². The highest BCUT2D eigenvalue weighted by Gasteiger charge is 2.13. The van der Waals surface area contributed by atoms with Crippen LogP contribution >= 0.6 is 0 Å². The van der Waals surface area contributed by atoms with Crippen LogP contribution in [0.4, 0.5) is 0 Å². The molecule has 2 amide bonds. The van der Waals surface area contributed by atoms with Crippen molar-refractivity contribution in [2.75, 3.05) is 19.7 Å². The zero-order valence-electron chi connectivity index (χ0n) is 16.0. The average molecular weight is 380 g/mol. The molecule has 0 spiro atoms. The third-order valence-electron chi connectivity index (χ3n) is 4.06. The van der Waals surface area contributed by atoms with Crippen LogP contribution in [0, 0.1) is 5.92 Å². The maximum Gasteiger partial charge on any atom is 0.272 e. The van der Waals surface area contributed by atoms with E-state index in [1.54, 1.807) is 18.2 Å². The molecular formula is C21H24N4O3. The lowest BCUT2D eigenvalue weighted by molar-refractivity contribution is 0.0925. The van der Waals surface area contributed by atoms with Gasteiger partial charge in [0.25, 0.3) is 11.8 Å². The Balaban J connectivity index is 1.48. The van der Waals surface area contributed by atoms with Gasteiger partial charge in [-0.15, -0.1) is 0 Å². The second kappa shape index (κ2) is 9.03. The second-order valence-electron chi connectivity index (χ2n) is 6.86. The van der Waals surface area contributed by atoms with Crippen molar-refractivity contribution in [2.45, 2.75) is 13.8 Å². The zero-order valence-corrected chi connectivity index (χ0v) is 16.0. The van der Waals surface area contributed by atoms with Crippen LogP contribution in [-0.4, -0.2) is 41.7 Å². The molecule has 28 heavy (non-hydrogen) atoms. The standard InChI is InChI=1S/C21H24N4O3/c1-14(2)13-28-16-7-5-6-15(12-16)20(26)22-10-11-23-21(27)19-17-8-3-4-9-18(17)24-25-19/h3-9,12,14H,10-11,13H2,1-2H3,(H,22,26)(H,23,27)(H,24,25). The van der Waals surface area contributed by atoms with Crippen molar-refractivity contribution >= 4 is 22.7 Å². The Hall–Kier alpha value is -3.35. The number of carbonyl (C=O) groups is 2. The molecule has 1 heterocycles. The number of benzene rings is 2. The number of para-hydroxylation sites is 1. The third kappa shape index (κ3) is 4.88. The fraction of sp³-hybridized carbons (Fsp3) is 0.286. The van der Waals surface area contributed by atoms with Crippen molar-refractivity contribution in [1.29, 1.82) is 0 Å². The highest BCUT2D eigenvalue weighted by atomic mass is 16.5. The van der Waals surface area contributed by atoms with E-state index in [-0.39, 0.29) is 11.8 Å². The minimum Gasteiger partial charge on any atom is -0.493 e. The van der Waals surface area contributed by atoms with Gasteiger partial charge in [0.2, 0.25) is 0 Å². The topological polar surface area (TPSA) is 96.1 Å². The molecule has 3 N–H and O–H groups in total. The van der Waals surface area contributed by atoms with Gasteiger partial charge in [-0.25, -0.2) is 0 Å². The van der Waals surface area contributed by atoms with E-state index in [1.165, 1.54) is 0 Å². The van der Waals surface area contributed by atoms with Gasteiger partial charge in [-0.1, -0.05) is 38.1 Å². The molecule has 0 bridgehead atoms. The number of ether oxygens (including phenoxy) is 1. The first-order valence-corrected chi connectivity index (χ1v) is 9.27. The van der Waals surface area contributed by atoms with Gasteiger partial charge in [0.1, 0.15) is 5.75 Å². The van der Waals surface area contributed by atoms with E-state index in [9.17, 15) is 9.59 Å². The summed E-state index contributed by atoms with van der Waals surface area (Å²) in [5.41, 5.74) is 1.67. The van der Waals surface area contributed by atoms with Crippen molar-refractivity contribution in [1.82, 2.24) is 20.8 Å². The number of H-pyrrole nitrogens is 1. The zero-order chi connectivity index (χ0) is 19.9. The van der Waals surface area contributed by atoms with Gasteiger partial charge in [0, 0.05) is 24.0 Å². The normalized spacial score (nSPS) is 10.8. The van der Waals surface area contributed by atoms with Gasteiger partial charge in [-0.2, -0.15) is 5.10 Å². The van der Waals surface area contributed by atoms with E-state index in [2.05, 4.69) is 34.7 Å². The number of hydrogen-bond donors (Lipinski definition) is 3. The number of nitrogens with one attached hydrogen (secondary N) is 3. The molecule has 3 rings (SSSR count). The van der Waals surface area contributed by atoms with E-state index in [1.807, 2.05) is 30.3 Å². The Kier molecular flexibility index (Phi) is 6.26. The SMILES string of the molecule is CC(C)COc1cccc(C(=O)NCCNC(=O)c2n[nH]c3ccccc23)c1. The van der Waals surface area contributed by atoms with Crippen molar-refractivity contribution in [3.8, 4) is 5.75 Å². The number of hydrogen-bond acceptors (Lipinski definition) is 4. The second-order valence-corrected chi connectivity index (χ2v) is 6.86. The number of aromatic nitrogens is 2. The number of aromatic amines is 1. The number of carbonyl (C=O) groups excluding carboxylic acids is 2. The van der Waals surface area contributed by atoms with Crippen LogP contribution in [0.3, 0.4) is 0 Å². The van der Waals surface area contributed by atoms with Crippen LogP contribution in [0.15, 0.2) is 48.5 Å². The maximum absolute atomic E-state index is 12.3. The van der Waals surface area contributed by atoms with Crippen LogP contribution < -0.4 is 15.4 Å². The van der Waals surface area contributed by atoms with Crippen molar-refractivity contribution in [3.05, 3.63) is 59.8 Å². The number of amides is 2. The minimum absolute atomic E-state index is 0.213. The summed E-state index contributed by atoms with van der Waals surface area (Å²) in [5, 5.41) is 13.2. The Morgan fingerprint density at radius 3 is 2.57 bits per heavy atom. The lowest BCUT2D eigenvalue weighted by atomic mass is 10.2. The highest BCUT2D eigenvalue weighted by molar-refractivity contribution is 6.04. The number of fused-ring (bicyclic) bond motifs is 1. The fourth-order valence-corrected chi connectivity index (χ4v) is 2.66. The van der Waals surface area contributed by atoms with E-state index < -0.39 is 0 Å². The van der Waals surface area contributed by atoms with Gasteiger partial charge >= 0.3 is 0 Å². The third-order valence-corrected chi connectivity index (χ3v) is 4.06. The molecule has 0 saturated heterocycles. The predicted molar refractivity (Wildman–Crippen MR) is 108 cm³/mol. The molecule has 7 nitrogen and oxygen atoms in total. The monoisotopic (exact) mass is 380 g/mol. The van der Waals surface area contributed by atoms with E-state index in [0.717, 1.165) is 10.9 Å². The van der Waals surface area contributed by atoms with E-state index >= 15 is 0 Å². The smallest absolute Gasteiger partial charge is 0.272 e. The molecule has 146 valence electrons. The molecular weight excluding hydrogens is 356 g/mol. The lowest BCUT2D eigenvalue weighted by Crippen LogP contribution is -2.34. The molecule has 0 radical (unpaired) electrons. The maximum atomic E-state index is 12.3. The van der Waals surface area contributed by atoms with Crippen molar-refractivity contribution in [2.24, 2.45) is 5.92 Å². The summed E-state index contributed by atoms with van der Waals surface area (Å²) >= 11 is 0. The summed E-state index contributed by atoms with van der Waals surface area (Å²) < 4.78 is 5.64. The molecule has 1 aromatic heterocycles. The summed E-state index contributed by atoms with van der Waals surface area (Å²) in [4.78, 5) is 24.6.